The van der Waals surface area contributed by atoms with Crippen LogP contribution in [0.25, 0.3) is 0 Å². The topological polar surface area (TPSA) is 75.4 Å². The molecule has 0 fully saturated rings. The van der Waals surface area contributed by atoms with Crippen molar-refractivity contribution in [3.8, 4) is 0 Å². The lowest BCUT2D eigenvalue weighted by atomic mass is 10.1. The largest absolute Gasteiger partial charge is 0.346 e. The predicted molar refractivity (Wildman–Crippen MR) is 57.0 cm³/mol. The first-order chi connectivity index (χ1) is 7.13. The van der Waals surface area contributed by atoms with Gasteiger partial charge in [-0.05, 0) is 13.3 Å². The van der Waals surface area contributed by atoms with Gasteiger partial charge in [-0.1, -0.05) is 11.6 Å². The molecule has 0 bridgehead atoms. The number of nitrogens with zero attached hydrogens (tertiary/aromatic N) is 1. The molecule has 3 N–H and O–H groups in total. The molecule has 2 amide bonds. The maximum atomic E-state index is 11.6. The SMILES string of the molecule is CC1=CCCN(C(=O)CNC(=O)CN)C1. The molecule has 84 valence electrons. The van der Waals surface area contributed by atoms with Crippen molar-refractivity contribution in [2.45, 2.75) is 13.3 Å². The third-order valence-corrected chi connectivity index (χ3v) is 2.31. The number of rotatable bonds is 3. The summed E-state index contributed by atoms with van der Waals surface area (Å²) < 4.78 is 0. The molecule has 5 heteroatoms. The van der Waals surface area contributed by atoms with Crippen molar-refractivity contribution in [1.29, 1.82) is 0 Å². The fourth-order valence-corrected chi connectivity index (χ4v) is 1.48. The van der Waals surface area contributed by atoms with Gasteiger partial charge in [0.15, 0.2) is 0 Å². The zero-order valence-electron chi connectivity index (χ0n) is 8.95. The molecule has 0 spiro atoms. The van der Waals surface area contributed by atoms with E-state index in [-0.39, 0.29) is 24.9 Å². The van der Waals surface area contributed by atoms with Gasteiger partial charge in [0.2, 0.25) is 11.8 Å². The van der Waals surface area contributed by atoms with Gasteiger partial charge in [0.05, 0.1) is 13.1 Å². The van der Waals surface area contributed by atoms with E-state index in [9.17, 15) is 9.59 Å². The van der Waals surface area contributed by atoms with Gasteiger partial charge in [0.25, 0.3) is 0 Å². The molecule has 0 saturated carbocycles. The average molecular weight is 211 g/mol. The average Bonchev–Trinajstić information content (AvgIpc) is 2.25. The summed E-state index contributed by atoms with van der Waals surface area (Å²) in [6, 6.07) is 0. The normalized spacial score (nSPS) is 15.9. The van der Waals surface area contributed by atoms with E-state index in [0.29, 0.717) is 6.54 Å². The molecule has 15 heavy (non-hydrogen) atoms. The highest BCUT2D eigenvalue weighted by molar-refractivity contribution is 5.85. The van der Waals surface area contributed by atoms with E-state index in [4.69, 9.17) is 5.73 Å². The van der Waals surface area contributed by atoms with Crippen molar-refractivity contribution in [1.82, 2.24) is 10.2 Å². The van der Waals surface area contributed by atoms with E-state index < -0.39 is 0 Å². The Kier molecular flexibility index (Phi) is 4.30. The molecule has 1 heterocycles. The number of hydrogen-bond donors (Lipinski definition) is 2. The molecule has 0 atom stereocenters. The van der Waals surface area contributed by atoms with Crippen LogP contribution in [0.2, 0.25) is 0 Å². The molecule has 0 aromatic heterocycles. The van der Waals surface area contributed by atoms with E-state index in [1.165, 1.54) is 5.57 Å². The maximum Gasteiger partial charge on any atom is 0.242 e. The second kappa shape index (κ2) is 5.50. The van der Waals surface area contributed by atoms with Crippen LogP contribution in [0.4, 0.5) is 0 Å². The molecule has 0 saturated heterocycles. The van der Waals surface area contributed by atoms with Crippen molar-refractivity contribution in [3.05, 3.63) is 11.6 Å². The lowest BCUT2D eigenvalue weighted by Crippen LogP contribution is -2.43. The number of carbonyl (C=O) groups is 2. The van der Waals surface area contributed by atoms with Gasteiger partial charge >= 0.3 is 0 Å². The van der Waals surface area contributed by atoms with E-state index in [0.717, 1.165) is 13.0 Å². The van der Waals surface area contributed by atoms with Crippen LogP contribution in [0.3, 0.4) is 0 Å². The van der Waals surface area contributed by atoms with Crippen LogP contribution in [0.5, 0.6) is 0 Å². The maximum absolute atomic E-state index is 11.6. The summed E-state index contributed by atoms with van der Waals surface area (Å²) in [5.74, 6) is -0.350. The van der Waals surface area contributed by atoms with Gasteiger partial charge in [-0.15, -0.1) is 0 Å². The van der Waals surface area contributed by atoms with Gasteiger partial charge in [-0.2, -0.15) is 0 Å². The summed E-state index contributed by atoms with van der Waals surface area (Å²) >= 11 is 0. The zero-order valence-corrected chi connectivity index (χ0v) is 8.95. The fraction of sp³-hybridized carbons (Fsp3) is 0.600. The van der Waals surface area contributed by atoms with E-state index in [2.05, 4.69) is 11.4 Å². The lowest BCUT2D eigenvalue weighted by molar-refractivity contribution is -0.132. The Morgan fingerprint density at radius 3 is 2.93 bits per heavy atom. The minimum Gasteiger partial charge on any atom is -0.346 e. The monoisotopic (exact) mass is 211 g/mol. The highest BCUT2D eigenvalue weighted by Gasteiger charge is 2.16. The molecule has 0 aromatic rings. The Morgan fingerprint density at radius 2 is 2.33 bits per heavy atom. The van der Waals surface area contributed by atoms with Gasteiger partial charge in [-0.3, -0.25) is 9.59 Å². The third kappa shape index (κ3) is 3.71. The summed E-state index contributed by atoms with van der Waals surface area (Å²) in [5, 5.41) is 2.47. The molecule has 5 nitrogen and oxygen atoms in total. The smallest absolute Gasteiger partial charge is 0.242 e. The van der Waals surface area contributed by atoms with Gasteiger partial charge in [0.1, 0.15) is 0 Å². The zero-order chi connectivity index (χ0) is 11.3. The highest BCUT2D eigenvalue weighted by atomic mass is 16.2. The number of nitrogens with one attached hydrogen (secondary N) is 1. The molecule has 1 aliphatic rings. The Bertz CT molecular complexity index is 286. The number of carbonyl (C=O) groups excluding carboxylic acids is 2. The Hall–Kier alpha value is -1.36. The fourth-order valence-electron chi connectivity index (χ4n) is 1.48. The van der Waals surface area contributed by atoms with Crippen molar-refractivity contribution in [2.24, 2.45) is 5.73 Å². The summed E-state index contributed by atoms with van der Waals surface area (Å²) in [7, 11) is 0. The van der Waals surface area contributed by atoms with Gasteiger partial charge in [-0.25, -0.2) is 0 Å². The number of nitrogens with two attached hydrogens (primary N) is 1. The second-order valence-electron chi connectivity index (χ2n) is 3.64. The minimum absolute atomic E-state index is 0.0450. The molecule has 0 aromatic carbocycles. The molecule has 1 aliphatic heterocycles. The Morgan fingerprint density at radius 1 is 1.60 bits per heavy atom. The third-order valence-electron chi connectivity index (χ3n) is 2.31. The van der Waals surface area contributed by atoms with Crippen LogP contribution in [0, 0.1) is 0 Å². The molecule has 0 unspecified atom stereocenters. The first-order valence-corrected chi connectivity index (χ1v) is 5.03. The molecular formula is C10H17N3O2. The van der Waals surface area contributed by atoms with Gasteiger partial charge in [0, 0.05) is 13.1 Å². The molecule has 1 rings (SSSR count). The van der Waals surface area contributed by atoms with Gasteiger partial charge < -0.3 is 16.0 Å². The predicted octanol–water partition coefficient (Wildman–Crippen LogP) is -0.760. The standard InChI is InChI=1S/C10H17N3O2/c1-8-3-2-4-13(7-8)10(15)6-12-9(14)5-11/h3H,2,4-7,11H2,1H3,(H,12,14). The quantitative estimate of drug-likeness (QED) is 0.602. The number of hydrogen-bond acceptors (Lipinski definition) is 3. The lowest BCUT2D eigenvalue weighted by Gasteiger charge is -2.26. The van der Waals surface area contributed by atoms with Crippen molar-refractivity contribution >= 4 is 11.8 Å². The van der Waals surface area contributed by atoms with Crippen LogP contribution in [0.1, 0.15) is 13.3 Å². The van der Waals surface area contributed by atoms with Crippen LogP contribution < -0.4 is 11.1 Å². The van der Waals surface area contributed by atoms with Crippen LogP contribution in [-0.2, 0) is 9.59 Å². The van der Waals surface area contributed by atoms with E-state index >= 15 is 0 Å². The second-order valence-corrected chi connectivity index (χ2v) is 3.64. The Labute approximate surface area is 89.3 Å². The van der Waals surface area contributed by atoms with Crippen molar-refractivity contribution in [3.63, 3.8) is 0 Å². The molecular weight excluding hydrogens is 194 g/mol. The summed E-state index contributed by atoms with van der Waals surface area (Å²) in [6.45, 7) is 3.36. The Balaban J connectivity index is 2.34. The summed E-state index contributed by atoms with van der Waals surface area (Å²) in [6.07, 6.45) is 3.02. The van der Waals surface area contributed by atoms with Crippen molar-refractivity contribution < 1.29 is 9.59 Å². The van der Waals surface area contributed by atoms with Crippen LogP contribution in [0.15, 0.2) is 11.6 Å². The number of amides is 2. The summed E-state index contributed by atoms with van der Waals surface area (Å²) in [5.41, 5.74) is 6.31. The summed E-state index contributed by atoms with van der Waals surface area (Å²) in [4.78, 5) is 24.2. The molecule has 0 radical (unpaired) electrons. The molecule has 0 aliphatic carbocycles. The first kappa shape index (κ1) is 11.7. The van der Waals surface area contributed by atoms with E-state index in [1.807, 2.05) is 6.92 Å². The van der Waals surface area contributed by atoms with Crippen LogP contribution in [-0.4, -0.2) is 42.9 Å². The van der Waals surface area contributed by atoms with Crippen molar-refractivity contribution in [2.75, 3.05) is 26.2 Å². The van der Waals surface area contributed by atoms with E-state index in [1.54, 1.807) is 4.90 Å². The first-order valence-electron chi connectivity index (χ1n) is 5.03. The highest BCUT2D eigenvalue weighted by Crippen LogP contribution is 2.08. The minimum atomic E-state index is -0.298. The van der Waals surface area contributed by atoms with Crippen LogP contribution >= 0.6 is 0 Å².